The zero-order chi connectivity index (χ0) is 30.8. The summed E-state index contributed by atoms with van der Waals surface area (Å²) >= 11 is 5.93. The molecule has 0 bridgehead atoms. The first-order chi connectivity index (χ1) is 20.6. The summed E-state index contributed by atoms with van der Waals surface area (Å²) < 4.78 is 42.1. The van der Waals surface area contributed by atoms with Crippen LogP contribution in [0.1, 0.15) is 27.4 Å². The Kier molecular flexibility index (Phi) is 8.79. The number of hydrogen-bond acceptors (Lipinski definition) is 6. The van der Waals surface area contributed by atoms with E-state index in [-0.39, 0.29) is 36.0 Å². The summed E-state index contributed by atoms with van der Waals surface area (Å²) in [5.74, 6) is -4.92. The van der Waals surface area contributed by atoms with Crippen LogP contribution < -0.4 is 20.5 Å². The van der Waals surface area contributed by atoms with Gasteiger partial charge < -0.3 is 29.2 Å². The Balaban J connectivity index is 1.52. The summed E-state index contributed by atoms with van der Waals surface area (Å²) in [5.41, 5.74) is -0.536. The van der Waals surface area contributed by atoms with Gasteiger partial charge in [0.2, 0.25) is 11.8 Å². The molecule has 43 heavy (non-hydrogen) atoms. The van der Waals surface area contributed by atoms with Crippen LogP contribution >= 0.6 is 11.6 Å². The third-order valence-corrected chi connectivity index (χ3v) is 7.90. The number of carbonyl (C=O) groups is 3. The summed E-state index contributed by atoms with van der Waals surface area (Å²) in [4.78, 5) is 56.4. The largest absolute Gasteiger partial charge is 0.497 e. The lowest BCUT2D eigenvalue weighted by molar-refractivity contribution is -0.135. The molecule has 2 saturated heterocycles. The summed E-state index contributed by atoms with van der Waals surface area (Å²) in [6.07, 6.45) is 1.46. The van der Waals surface area contributed by atoms with Crippen molar-refractivity contribution >= 4 is 35.0 Å². The minimum absolute atomic E-state index is 0.0511. The van der Waals surface area contributed by atoms with Crippen molar-refractivity contribution in [2.75, 3.05) is 44.9 Å². The number of hydrogen-bond donors (Lipinski definition) is 1. The average Bonchev–Trinajstić information content (AvgIpc) is 3.29. The highest BCUT2D eigenvalue weighted by Gasteiger charge is 2.46. The molecule has 0 radical (unpaired) electrons. The van der Waals surface area contributed by atoms with Crippen LogP contribution in [0.3, 0.4) is 0 Å². The lowest BCUT2D eigenvalue weighted by Crippen LogP contribution is -2.45. The number of rotatable bonds is 7. The molecule has 3 aromatic rings. The number of nitrogens with one attached hydrogen (secondary N) is 1. The van der Waals surface area contributed by atoms with Gasteiger partial charge in [0.1, 0.15) is 35.7 Å². The lowest BCUT2D eigenvalue weighted by Gasteiger charge is -2.27. The van der Waals surface area contributed by atoms with Gasteiger partial charge in [0, 0.05) is 60.0 Å². The molecule has 5 rings (SSSR count). The van der Waals surface area contributed by atoms with Gasteiger partial charge in [0.25, 0.3) is 11.5 Å². The van der Waals surface area contributed by atoms with Crippen LogP contribution in [0.2, 0.25) is 5.02 Å². The molecule has 0 aliphatic carbocycles. The van der Waals surface area contributed by atoms with Gasteiger partial charge in [0.15, 0.2) is 0 Å². The molecule has 0 spiro atoms. The van der Waals surface area contributed by atoms with Crippen molar-refractivity contribution in [1.29, 1.82) is 0 Å². The molecule has 1 N–H and O–H groups in total. The molecule has 0 saturated carbocycles. The normalized spacial score (nSPS) is 18.6. The highest BCUT2D eigenvalue weighted by Crippen LogP contribution is 2.36. The number of ether oxygens (including phenoxy) is 2. The minimum Gasteiger partial charge on any atom is -0.497 e. The quantitative estimate of drug-likeness (QED) is 0.438. The van der Waals surface area contributed by atoms with Crippen LogP contribution in [0.15, 0.2) is 53.5 Å². The number of benzene rings is 2. The monoisotopic (exact) mass is 614 g/mol. The van der Waals surface area contributed by atoms with Gasteiger partial charge in [-0.3, -0.25) is 19.2 Å². The fourth-order valence-corrected chi connectivity index (χ4v) is 5.50. The van der Waals surface area contributed by atoms with Gasteiger partial charge in [-0.15, -0.1) is 0 Å². The van der Waals surface area contributed by atoms with Crippen LogP contribution in [-0.2, 0) is 20.9 Å². The second-order valence-corrected chi connectivity index (χ2v) is 10.7. The Labute approximate surface area is 250 Å². The van der Waals surface area contributed by atoms with Gasteiger partial charge in [-0.05, 0) is 42.8 Å². The van der Waals surface area contributed by atoms with Crippen molar-refractivity contribution in [3.8, 4) is 5.75 Å². The lowest BCUT2D eigenvalue weighted by atomic mass is 9.92. The molecular weight excluding hydrogens is 586 g/mol. The molecule has 13 heteroatoms. The maximum absolute atomic E-state index is 15.3. The Hall–Kier alpha value is -4.29. The Morgan fingerprint density at radius 3 is 2.35 bits per heavy atom. The molecule has 2 fully saturated rings. The number of amides is 3. The van der Waals surface area contributed by atoms with E-state index in [9.17, 15) is 19.2 Å². The van der Waals surface area contributed by atoms with Crippen molar-refractivity contribution < 1.29 is 32.6 Å². The van der Waals surface area contributed by atoms with Crippen molar-refractivity contribution in [3.63, 3.8) is 0 Å². The zero-order valence-corrected chi connectivity index (χ0v) is 24.2. The Bertz CT molecular complexity index is 1600. The molecule has 226 valence electrons. The van der Waals surface area contributed by atoms with Crippen molar-refractivity contribution in [2.45, 2.75) is 25.4 Å². The number of halogens is 3. The summed E-state index contributed by atoms with van der Waals surface area (Å²) in [7, 11) is 1.26. The molecular formula is C30H29ClF2N4O6. The van der Waals surface area contributed by atoms with E-state index >= 15 is 8.78 Å². The SMILES string of the molecule is COc1cc(F)c([C@@H]2CN(c3c(C)ccn(CC(=O)N4CCOCC4)c3=O)C(=O)[C@H]2NC(=O)c2ccc(Cl)cc2)c(F)c1. The number of anilines is 1. The number of aromatic nitrogens is 1. The third-order valence-electron chi connectivity index (χ3n) is 7.65. The number of nitrogens with zero attached hydrogens (tertiary/aromatic N) is 3. The summed E-state index contributed by atoms with van der Waals surface area (Å²) in [6, 6.07) is 8.01. The molecule has 2 aromatic carbocycles. The van der Waals surface area contributed by atoms with E-state index in [2.05, 4.69) is 5.32 Å². The summed E-state index contributed by atoms with van der Waals surface area (Å²) in [6.45, 7) is 2.61. The fraction of sp³-hybridized carbons (Fsp3) is 0.333. The number of morpholine rings is 1. The smallest absolute Gasteiger partial charge is 0.275 e. The van der Waals surface area contributed by atoms with E-state index in [0.29, 0.717) is 36.9 Å². The van der Waals surface area contributed by atoms with Crippen molar-refractivity contribution in [2.24, 2.45) is 0 Å². The van der Waals surface area contributed by atoms with Crippen LogP contribution in [0, 0.1) is 18.6 Å². The Morgan fingerprint density at radius 2 is 1.72 bits per heavy atom. The predicted octanol–water partition coefficient (Wildman–Crippen LogP) is 2.88. The first kappa shape index (κ1) is 30.2. The van der Waals surface area contributed by atoms with E-state index < -0.39 is 46.5 Å². The highest BCUT2D eigenvalue weighted by molar-refractivity contribution is 6.30. The number of carbonyl (C=O) groups excluding carboxylic acids is 3. The molecule has 3 amide bonds. The highest BCUT2D eigenvalue weighted by atomic mass is 35.5. The molecule has 2 atom stereocenters. The van der Waals surface area contributed by atoms with Crippen LogP contribution in [0.4, 0.5) is 14.5 Å². The standard InChI is InChI=1S/C30H29ClF2N4O6/c1-17-7-8-36(16-24(38)35-9-11-43-12-10-35)30(41)27(17)37-15-21(25-22(32)13-20(42-2)14-23(25)33)26(29(37)40)34-28(39)18-3-5-19(31)6-4-18/h3-8,13-14,21,26H,9-12,15-16H2,1-2H3,(H,34,39)/t21-,26-/m0/s1. The molecule has 1 aromatic heterocycles. The van der Waals surface area contributed by atoms with Crippen LogP contribution in [-0.4, -0.2) is 73.2 Å². The molecule has 2 aliphatic rings. The van der Waals surface area contributed by atoms with Crippen LogP contribution in [0.25, 0.3) is 0 Å². The maximum Gasteiger partial charge on any atom is 0.275 e. The molecule has 3 heterocycles. The number of pyridine rings is 1. The van der Waals surface area contributed by atoms with E-state index in [0.717, 1.165) is 17.0 Å². The maximum atomic E-state index is 15.3. The first-order valence-electron chi connectivity index (χ1n) is 13.5. The van der Waals surface area contributed by atoms with Gasteiger partial charge in [-0.25, -0.2) is 8.78 Å². The van der Waals surface area contributed by atoms with E-state index in [4.69, 9.17) is 21.1 Å². The van der Waals surface area contributed by atoms with E-state index in [1.807, 2.05) is 0 Å². The predicted molar refractivity (Wildman–Crippen MR) is 154 cm³/mol. The summed E-state index contributed by atoms with van der Waals surface area (Å²) in [5, 5.41) is 3.00. The van der Waals surface area contributed by atoms with Gasteiger partial charge in [-0.2, -0.15) is 0 Å². The first-order valence-corrected chi connectivity index (χ1v) is 13.9. The van der Waals surface area contributed by atoms with Crippen LogP contribution in [0.5, 0.6) is 5.75 Å². The molecule has 10 nitrogen and oxygen atoms in total. The molecule has 0 unspecified atom stereocenters. The van der Waals surface area contributed by atoms with E-state index in [1.54, 1.807) is 17.9 Å². The van der Waals surface area contributed by atoms with Gasteiger partial charge in [-0.1, -0.05) is 11.6 Å². The van der Waals surface area contributed by atoms with Gasteiger partial charge >= 0.3 is 0 Å². The second-order valence-electron chi connectivity index (χ2n) is 10.3. The number of aryl methyl sites for hydroxylation is 1. The Morgan fingerprint density at radius 1 is 1.07 bits per heavy atom. The van der Waals surface area contributed by atoms with E-state index in [1.165, 1.54) is 42.1 Å². The fourth-order valence-electron chi connectivity index (χ4n) is 5.38. The average molecular weight is 615 g/mol. The van der Waals surface area contributed by atoms with Gasteiger partial charge in [0.05, 0.1) is 20.3 Å². The van der Waals surface area contributed by atoms with Crippen molar-refractivity contribution in [3.05, 3.63) is 92.4 Å². The third kappa shape index (κ3) is 6.11. The number of methoxy groups -OCH3 is 1. The zero-order valence-electron chi connectivity index (χ0n) is 23.4. The molecule has 2 aliphatic heterocycles. The second kappa shape index (κ2) is 12.5. The minimum atomic E-state index is -1.43. The topological polar surface area (TPSA) is 110 Å². The van der Waals surface area contributed by atoms with Crippen molar-refractivity contribution in [1.82, 2.24) is 14.8 Å².